The summed E-state index contributed by atoms with van der Waals surface area (Å²) < 4.78 is 13.1. The third-order valence-corrected chi connectivity index (χ3v) is 7.35. The van der Waals surface area contributed by atoms with Crippen molar-refractivity contribution in [3.63, 3.8) is 0 Å². The van der Waals surface area contributed by atoms with Crippen LogP contribution in [-0.2, 0) is 0 Å². The van der Waals surface area contributed by atoms with Crippen LogP contribution >= 0.6 is 0 Å². The van der Waals surface area contributed by atoms with Gasteiger partial charge in [0.1, 0.15) is 5.82 Å². The summed E-state index contributed by atoms with van der Waals surface area (Å²) in [7, 11) is 0. The van der Waals surface area contributed by atoms with Gasteiger partial charge in [0.15, 0.2) is 0 Å². The van der Waals surface area contributed by atoms with Gasteiger partial charge in [0, 0.05) is 0 Å². The molecule has 0 N–H and O–H groups in total. The summed E-state index contributed by atoms with van der Waals surface area (Å²) in [5.41, 5.74) is 1.36. The van der Waals surface area contributed by atoms with E-state index >= 15 is 0 Å². The van der Waals surface area contributed by atoms with E-state index in [9.17, 15) is 4.39 Å². The van der Waals surface area contributed by atoms with Gasteiger partial charge >= 0.3 is 0 Å². The lowest BCUT2D eigenvalue weighted by Crippen LogP contribution is -2.25. The van der Waals surface area contributed by atoms with Crippen LogP contribution in [0.1, 0.15) is 88.5 Å². The molecule has 0 saturated heterocycles. The quantitative estimate of drug-likeness (QED) is 0.541. The second-order valence-corrected chi connectivity index (χ2v) is 8.96. The summed E-state index contributed by atoms with van der Waals surface area (Å²) in [5, 5.41) is 0. The molecule has 3 saturated carbocycles. The highest BCUT2D eigenvalue weighted by atomic mass is 19.1. The maximum atomic E-state index is 13.1. The molecule has 1 heteroatoms. The van der Waals surface area contributed by atoms with Gasteiger partial charge in [-0.15, -0.1) is 0 Å². The number of hydrogen-bond acceptors (Lipinski definition) is 0. The summed E-state index contributed by atoms with van der Waals surface area (Å²) >= 11 is 0. The molecule has 0 amide bonds. The van der Waals surface area contributed by atoms with Crippen molar-refractivity contribution in [3.8, 4) is 0 Å². The third-order valence-electron chi connectivity index (χ3n) is 7.35. The summed E-state index contributed by atoms with van der Waals surface area (Å²) in [6, 6.07) is 7.27. The first-order valence-corrected chi connectivity index (χ1v) is 10.5. The highest BCUT2D eigenvalue weighted by molar-refractivity contribution is 5.20. The van der Waals surface area contributed by atoms with Gasteiger partial charge in [-0.25, -0.2) is 4.39 Å². The first kappa shape index (κ1) is 16.6. The van der Waals surface area contributed by atoms with Gasteiger partial charge in [0.05, 0.1) is 0 Å². The number of rotatable bonds is 5. The van der Waals surface area contributed by atoms with Crippen molar-refractivity contribution in [1.82, 2.24) is 0 Å². The largest absolute Gasteiger partial charge is 0.207 e. The predicted octanol–water partition coefficient (Wildman–Crippen LogP) is 7.10. The number of halogens is 1. The van der Waals surface area contributed by atoms with Gasteiger partial charge in [-0.1, -0.05) is 50.7 Å². The molecular formula is C23H33F. The molecule has 0 radical (unpaired) electrons. The van der Waals surface area contributed by atoms with E-state index < -0.39 is 0 Å². The molecule has 0 aliphatic heterocycles. The fourth-order valence-corrected chi connectivity index (χ4v) is 5.49. The predicted molar refractivity (Wildman–Crippen MR) is 98.5 cm³/mol. The standard InChI is InChI=1S/C23H33F/c24-23-15-13-22(14-16-23)21-11-9-20(10-12-21)19-7-5-18(6-8-19)4-3-17-1-2-17/h13-21H,1-12H2. The molecule has 0 spiro atoms. The third kappa shape index (κ3) is 4.21. The van der Waals surface area contributed by atoms with Crippen LogP contribution in [0, 0.1) is 29.5 Å². The van der Waals surface area contributed by atoms with Gasteiger partial charge in [-0.2, -0.15) is 0 Å². The second-order valence-electron chi connectivity index (χ2n) is 8.96. The molecule has 1 aromatic rings. The van der Waals surface area contributed by atoms with Crippen LogP contribution in [0.5, 0.6) is 0 Å². The van der Waals surface area contributed by atoms with E-state index in [1.165, 1.54) is 82.6 Å². The zero-order valence-corrected chi connectivity index (χ0v) is 15.1. The molecule has 24 heavy (non-hydrogen) atoms. The zero-order chi connectivity index (χ0) is 16.4. The Bertz CT molecular complexity index is 499. The minimum Gasteiger partial charge on any atom is -0.207 e. The van der Waals surface area contributed by atoms with Crippen molar-refractivity contribution < 1.29 is 4.39 Å². The van der Waals surface area contributed by atoms with Crippen molar-refractivity contribution in [1.29, 1.82) is 0 Å². The molecule has 0 bridgehead atoms. The fraction of sp³-hybridized carbons (Fsp3) is 0.739. The van der Waals surface area contributed by atoms with Crippen molar-refractivity contribution in [3.05, 3.63) is 35.6 Å². The summed E-state index contributed by atoms with van der Waals surface area (Å²) in [4.78, 5) is 0. The minimum atomic E-state index is -0.106. The smallest absolute Gasteiger partial charge is 0.123 e. The molecule has 132 valence electrons. The Morgan fingerprint density at radius 1 is 0.625 bits per heavy atom. The Morgan fingerprint density at radius 3 is 1.58 bits per heavy atom. The van der Waals surface area contributed by atoms with Crippen LogP contribution in [0.25, 0.3) is 0 Å². The normalized spacial score (nSPS) is 34.2. The van der Waals surface area contributed by atoms with Crippen LogP contribution in [0.4, 0.5) is 4.39 Å². The van der Waals surface area contributed by atoms with Crippen LogP contribution in [0.3, 0.4) is 0 Å². The van der Waals surface area contributed by atoms with Crippen LogP contribution < -0.4 is 0 Å². The Labute approximate surface area is 147 Å². The highest BCUT2D eigenvalue weighted by Gasteiger charge is 2.32. The molecule has 3 aliphatic rings. The topological polar surface area (TPSA) is 0 Å². The Balaban J connectivity index is 1.21. The van der Waals surface area contributed by atoms with Crippen LogP contribution in [0.2, 0.25) is 0 Å². The zero-order valence-electron chi connectivity index (χ0n) is 15.1. The molecular weight excluding hydrogens is 295 g/mol. The maximum absolute atomic E-state index is 13.1. The molecule has 4 rings (SSSR count). The molecule has 0 aromatic heterocycles. The van der Waals surface area contributed by atoms with Gasteiger partial charge in [-0.05, 0) is 85.8 Å². The fourth-order valence-electron chi connectivity index (χ4n) is 5.49. The molecule has 3 fully saturated rings. The SMILES string of the molecule is Fc1ccc(C2CCC(C3CCC(CCC4CC4)CC3)CC2)cc1. The summed E-state index contributed by atoms with van der Waals surface area (Å²) in [5.74, 6) is 4.73. The molecule has 0 atom stereocenters. The van der Waals surface area contributed by atoms with Gasteiger partial charge in [-0.3, -0.25) is 0 Å². The highest BCUT2D eigenvalue weighted by Crippen LogP contribution is 2.45. The van der Waals surface area contributed by atoms with E-state index in [0.29, 0.717) is 5.92 Å². The summed E-state index contributed by atoms with van der Waals surface area (Å²) in [6.45, 7) is 0. The van der Waals surface area contributed by atoms with Gasteiger partial charge in [0.2, 0.25) is 0 Å². The monoisotopic (exact) mass is 328 g/mol. The molecule has 0 nitrogen and oxygen atoms in total. The van der Waals surface area contributed by atoms with E-state index in [2.05, 4.69) is 0 Å². The van der Waals surface area contributed by atoms with Crippen molar-refractivity contribution in [2.24, 2.45) is 23.7 Å². The van der Waals surface area contributed by atoms with E-state index in [-0.39, 0.29) is 5.82 Å². The van der Waals surface area contributed by atoms with Crippen molar-refractivity contribution >= 4 is 0 Å². The van der Waals surface area contributed by atoms with E-state index in [4.69, 9.17) is 0 Å². The average Bonchev–Trinajstić information content (AvgIpc) is 3.46. The lowest BCUT2D eigenvalue weighted by molar-refractivity contribution is 0.155. The lowest BCUT2D eigenvalue weighted by Gasteiger charge is -2.38. The van der Waals surface area contributed by atoms with Crippen molar-refractivity contribution in [2.75, 3.05) is 0 Å². The summed E-state index contributed by atoms with van der Waals surface area (Å²) in [6.07, 6.45) is 17.5. The first-order valence-electron chi connectivity index (χ1n) is 10.5. The van der Waals surface area contributed by atoms with Crippen LogP contribution in [0.15, 0.2) is 24.3 Å². The van der Waals surface area contributed by atoms with Gasteiger partial charge in [0.25, 0.3) is 0 Å². The lowest BCUT2D eigenvalue weighted by atomic mass is 9.68. The van der Waals surface area contributed by atoms with E-state index in [1.54, 1.807) is 12.1 Å². The van der Waals surface area contributed by atoms with Gasteiger partial charge < -0.3 is 0 Å². The molecule has 0 unspecified atom stereocenters. The van der Waals surface area contributed by atoms with E-state index in [1.807, 2.05) is 12.1 Å². The molecule has 3 aliphatic carbocycles. The molecule has 0 heterocycles. The molecule has 1 aromatic carbocycles. The van der Waals surface area contributed by atoms with Crippen molar-refractivity contribution in [2.45, 2.75) is 83.0 Å². The Hall–Kier alpha value is -0.850. The average molecular weight is 329 g/mol. The number of hydrogen-bond donors (Lipinski definition) is 0. The Morgan fingerprint density at radius 2 is 1.08 bits per heavy atom. The van der Waals surface area contributed by atoms with E-state index in [0.717, 1.165) is 23.7 Å². The van der Waals surface area contributed by atoms with Crippen LogP contribution in [-0.4, -0.2) is 0 Å². The minimum absolute atomic E-state index is 0.106. The Kier molecular flexibility index (Phi) is 5.25. The first-order chi connectivity index (χ1) is 11.8. The maximum Gasteiger partial charge on any atom is 0.123 e. The number of benzene rings is 1. The second kappa shape index (κ2) is 7.58.